The summed E-state index contributed by atoms with van der Waals surface area (Å²) in [5.41, 5.74) is 2.89. The molecule has 0 aliphatic carbocycles. The van der Waals surface area contributed by atoms with E-state index in [9.17, 15) is 0 Å². The maximum Gasteiger partial charge on any atom is 0.212 e. The summed E-state index contributed by atoms with van der Waals surface area (Å²) in [7, 11) is 6.30. The highest BCUT2D eigenvalue weighted by Crippen LogP contribution is 2.41. The minimum Gasteiger partial charge on any atom is -0.493 e. The molecule has 0 aliphatic heterocycles. The van der Waals surface area contributed by atoms with Crippen LogP contribution in [-0.2, 0) is 0 Å². The number of rotatable bonds is 8. The number of pyridine rings is 1. The van der Waals surface area contributed by atoms with Crippen LogP contribution in [0.1, 0.15) is 19.9 Å². The number of nitrogens with one attached hydrogen (secondary N) is 1. The van der Waals surface area contributed by atoms with Gasteiger partial charge in [-0.1, -0.05) is 0 Å². The standard InChI is InChI=1S/C23H26N6O4/c1-13(2)29-22(14-7-8-18(32-5)24-11-14)28-19-21(25-12-26-23(19)29)27-15-9-16(30-3)20(33-6)17(10-15)31-4/h7-13H,1-6H3,(H,25,26,27). The van der Waals surface area contributed by atoms with Gasteiger partial charge in [0.05, 0.1) is 28.4 Å². The number of methoxy groups -OCH3 is 4. The lowest BCUT2D eigenvalue weighted by atomic mass is 10.2. The molecule has 1 N–H and O–H groups in total. The highest BCUT2D eigenvalue weighted by Gasteiger charge is 2.20. The molecule has 4 rings (SSSR count). The number of anilines is 2. The molecular formula is C23H26N6O4. The molecule has 0 bridgehead atoms. The summed E-state index contributed by atoms with van der Waals surface area (Å²) in [5.74, 6) is 3.40. The number of imidazole rings is 1. The molecule has 0 atom stereocenters. The van der Waals surface area contributed by atoms with Crippen LogP contribution in [0.2, 0.25) is 0 Å². The van der Waals surface area contributed by atoms with Gasteiger partial charge >= 0.3 is 0 Å². The predicted octanol–water partition coefficient (Wildman–Crippen LogP) is 4.25. The number of ether oxygens (including phenoxy) is 4. The van der Waals surface area contributed by atoms with Gasteiger partial charge in [-0.3, -0.25) is 0 Å². The lowest BCUT2D eigenvalue weighted by Crippen LogP contribution is -2.05. The van der Waals surface area contributed by atoms with E-state index in [1.54, 1.807) is 40.7 Å². The summed E-state index contributed by atoms with van der Waals surface area (Å²) < 4.78 is 23.6. The van der Waals surface area contributed by atoms with Crippen molar-refractivity contribution in [2.24, 2.45) is 0 Å². The average Bonchev–Trinajstić information content (AvgIpc) is 3.24. The first kappa shape index (κ1) is 22.1. The third-order valence-electron chi connectivity index (χ3n) is 5.12. The van der Waals surface area contributed by atoms with E-state index < -0.39 is 0 Å². The van der Waals surface area contributed by atoms with Gasteiger partial charge in [0, 0.05) is 41.7 Å². The van der Waals surface area contributed by atoms with Gasteiger partial charge in [-0.25, -0.2) is 19.9 Å². The first-order chi connectivity index (χ1) is 16.0. The Morgan fingerprint density at radius 1 is 0.879 bits per heavy atom. The predicted molar refractivity (Wildman–Crippen MR) is 125 cm³/mol. The van der Waals surface area contributed by atoms with Crippen molar-refractivity contribution in [2.75, 3.05) is 33.8 Å². The van der Waals surface area contributed by atoms with Crippen LogP contribution in [0.4, 0.5) is 11.5 Å². The lowest BCUT2D eigenvalue weighted by molar-refractivity contribution is 0.324. The lowest BCUT2D eigenvalue weighted by Gasteiger charge is -2.15. The molecule has 1 aromatic carbocycles. The molecule has 4 aromatic rings. The molecule has 0 unspecified atom stereocenters. The summed E-state index contributed by atoms with van der Waals surface area (Å²) in [6, 6.07) is 7.45. The topological polar surface area (TPSA) is 105 Å². The largest absolute Gasteiger partial charge is 0.493 e. The Hall–Kier alpha value is -4.08. The second-order valence-electron chi connectivity index (χ2n) is 7.42. The van der Waals surface area contributed by atoms with Crippen molar-refractivity contribution >= 4 is 22.7 Å². The molecular weight excluding hydrogens is 424 g/mol. The normalized spacial score (nSPS) is 11.0. The quantitative estimate of drug-likeness (QED) is 0.422. The minimum atomic E-state index is 0.107. The zero-order valence-corrected chi connectivity index (χ0v) is 19.4. The van der Waals surface area contributed by atoms with Gasteiger partial charge in [0.25, 0.3) is 0 Å². The fourth-order valence-electron chi connectivity index (χ4n) is 3.62. The number of hydrogen-bond acceptors (Lipinski definition) is 9. The van der Waals surface area contributed by atoms with Gasteiger partial charge in [-0.2, -0.15) is 0 Å². The van der Waals surface area contributed by atoms with Gasteiger partial charge in [-0.15, -0.1) is 0 Å². The highest BCUT2D eigenvalue weighted by molar-refractivity contribution is 5.88. The van der Waals surface area contributed by atoms with Gasteiger partial charge in [0.15, 0.2) is 28.5 Å². The van der Waals surface area contributed by atoms with Crippen molar-refractivity contribution in [3.05, 3.63) is 36.8 Å². The Kier molecular flexibility index (Phi) is 6.16. The van der Waals surface area contributed by atoms with Crippen molar-refractivity contribution < 1.29 is 18.9 Å². The van der Waals surface area contributed by atoms with E-state index in [1.807, 2.05) is 18.2 Å². The summed E-state index contributed by atoms with van der Waals surface area (Å²) in [6.07, 6.45) is 3.25. The molecule has 0 fully saturated rings. The number of fused-ring (bicyclic) bond motifs is 1. The Morgan fingerprint density at radius 2 is 1.61 bits per heavy atom. The zero-order valence-electron chi connectivity index (χ0n) is 19.4. The van der Waals surface area contributed by atoms with Crippen LogP contribution < -0.4 is 24.3 Å². The van der Waals surface area contributed by atoms with Crippen LogP contribution in [0.3, 0.4) is 0 Å². The van der Waals surface area contributed by atoms with Crippen molar-refractivity contribution in [2.45, 2.75) is 19.9 Å². The van der Waals surface area contributed by atoms with Crippen molar-refractivity contribution in [1.29, 1.82) is 0 Å². The van der Waals surface area contributed by atoms with E-state index in [-0.39, 0.29) is 6.04 Å². The first-order valence-electron chi connectivity index (χ1n) is 10.3. The molecule has 0 aliphatic rings. The Balaban J connectivity index is 1.83. The second-order valence-corrected chi connectivity index (χ2v) is 7.42. The molecule has 0 saturated heterocycles. The van der Waals surface area contributed by atoms with Crippen LogP contribution in [0.25, 0.3) is 22.6 Å². The van der Waals surface area contributed by atoms with Gasteiger partial charge < -0.3 is 28.8 Å². The molecule has 33 heavy (non-hydrogen) atoms. The fourth-order valence-corrected chi connectivity index (χ4v) is 3.62. The van der Waals surface area contributed by atoms with Crippen LogP contribution >= 0.6 is 0 Å². The van der Waals surface area contributed by atoms with E-state index in [1.165, 1.54) is 6.33 Å². The van der Waals surface area contributed by atoms with Crippen molar-refractivity contribution in [3.8, 4) is 34.5 Å². The van der Waals surface area contributed by atoms with Crippen LogP contribution in [-0.4, -0.2) is 52.9 Å². The fraction of sp³-hybridized carbons (Fsp3) is 0.304. The Labute approximate surface area is 191 Å². The first-order valence-corrected chi connectivity index (χ1v) is 10.3. The molecule has 0 spiro atoms. The number of aromatic nitrogens is 5. The summed E-state index contributed by atoms with van der Waals surface area (Å²) >= 11 is 0. The summed E-state index contributed by atoms with van der Waals surface area (Å²) in [6.45, 7) is 4.16. The summed E-state index contributed by atoms with van der Waals surface area (Å²) in [4.78, 5) is 18.2. The molecule has 10 heteroatoms. The van der Waals surface area contributed by atoms with Crippen LogP contribution in [0.15, 0.2) is 36.8 Å². The van der Waals surface area contributed by atoms with E-state index in [4.69, 9.17) is 23.9 Å². The number of hydrogen-bond donors (Lipinski definition) is 1. The monoisotopic (exact) mass is 450 g/mol. The minimum absolute atomic E-state index is 0.107. The Morgan fingerprint density at radius 3 is 2.15 bits per heavy atom. The van der Waals surface area contributed by atoms with Crippen LogP contribution in [0, 0.1) is 0 Å². The highest BCUT2D eigenvalue weighted by atomic mass is 16.5. The Bertz CT molecular complexity index is 1250. The average molecular weight is 450 g/mol. The maximum atomic E-state index is 5.46. The van der Waals surface area contributed by atoms with E-state index in [0.29, 0.717) is 45.8 Å². The SMILES string of the molecule is COc1ccc(-c2nc3c(Nc4cc(OC)c(OC)c(OC)c4)ncnc3n2C(C)C)cn1. The molecule has 0 radical (unpaired) electrons. The van der Waals surface area contributed by atoms with Gasteiger partial charge in [-0.05, 0) is 19.9 Å². The molecule has 172 valence electrons. The molecule has 10 nitrogen and oxygen atoms in total. The number of benzene rings is 1. The van der Waals surface area contributed by atoms with E-state index in [0.717, 1.165) is 11.4 Å². The van der Waals surface area contributed by atoms with E-state index in [2.05, 4.69) is 38.7 Å². The zero-order chi connectivity index (χ0) is 23.5. The van der Waals surface area contributed by atoms with Crippen LogP contribution in [0.5, 0.6) is 23.1 Å². The van der Waals surface area contributed by atoms with Crippen molar-refractivity contribution in [3.63, 3.8) is 0 Å². The molecule has 0 saturated carbocycles. The molecule has 3 heterocycles. The van der Waals surface area contributed by atoms with E-state index >= 15 is 0 Å². The third kappa shape index (κ3) is 4.07. The molecule has 3 aromatic heterocycles. The third-order valence-corrected chi connectivity index (χ3v) is 5.12. The van der Waals surface area contributed by atoms with Gasteiger partial charge in [0.1, 0.15) is 12.2 Å². The number of nitrogens with zero attached hydrogens (tertiary/aromatic N) is 5. The maximum absolute atomic E-state index is 5.46. The smallest absolute Gasteiger partial charge is 0.212 e. The molecule has 0 amide bonds. The van der Waals surface area contributed by atoms with Gasteiger partial charge in [0.2, 0.25) is 11.6 Å². The summed E-state index contributed by atoms with van der Waals surface area (Å²) in [5, 5.41) is 3.32. The van der Waals surface area contributed by atoms with Crippen molar-refractivity contribution in [1.82, 2.24) is 24.5 Å². The second kappa shape index (κ2) is 9.19.